The average Bonchev–Trinajstić information content (AvgIpc) is 2.66. The van der Waals surface area contributed by atoms with E-state index in [-0.39, 0.29) is 0 Å². The van der Waals surface area contributed by atoms with Crippen LogP contribution >= 0.6 is 11.6 Å². The summed E-state index contributed by atoms with van der Waals surface area (Å²) in [6.45, 7) is 4.35. The average molecular weight is 280 g/mol. The fourth-order valence-electron chi connectivity index (χ4n) is 1.91. The zero-order chi connectivity index (χ0) is 14.0. The maximum atomic E-state index is 6.28. The van der Waals surface area contributed by atoms with Gasteiger partial charge in [0.1, 0.15) is 12.4 Å². The van der Waals surface area contributed by atoms with Crippen molar-refractivity contribution in [2.45, 2.75) is 26.9 Å². The van der Waals surface area contributed by atoms with Crippen LogP contribution in [0, 0.1) is 6.92 Å². The summed E-state index contributed by atoms with van der Waals surface area (Å²) in [5, 5.41) is 5.05. The van der Waals surface area contributed by atoms with Crippen LogP contribution in [0.15, 0.2) is 18.2 Å². The number of rotatable bonds is 4. The third-order valence-corrected chi connectivity index (χ3v) is 3.63. The predicted octanol–water partition coefficient (Wildman–Crippen LogP) is 3.11. The van der Waals surface area contributed by atoms with Crippen LogP contribution in [0.5, 0.6) is 5.75 Å². The van der Waals surface area contributed by atoms with Gasteiger partial charge in [-0.25, -0.2) is 0 Å². The molecular weight excluding hydrogens is 262 g/mol. The van der Waals surface area contributed by atoms with Crippen LogP contribution in [0.25, 0.3) is 0 Å². The highest BCUT2D eigenvalue weighted by molar-refractivity contribution is 6.31. The van der Waals surface area contributed by atoms with Crippen molar-refractivity contribution in [3.63, 3.8) is 0 Å². The van der Waals surface area contributed by atoms with Gasteiger partial charge in [-0.1, -0.05) is 24.6 Å². The number of halogens is 1. The van der Waals surface area contributed by atoms with Crippen LogP contribution in [0.2, 0.25) is 5.02 Å². The Morgan fingerprint density at radius 2 is 2.16 bits per heavy atom. The van der Waals surface area contributed by atoms with Crippen molar-refractivity contribution >= 4 is 17.3 Å². The Balaban J connectivity index is 2.19. The Hall–Kier alpha value is -1.68. The van der Waals surface area contributed by atoms with Crippen LogP contribution in [0.1, 0.15) is 23.9 Å². The molecule has 102 valence electrons. The Labute approximate surface area is 118 Å². The highest BCUT2D eigenvalue weighted by Gasteiger charge is 2.14. The number of ether oxygens (including phenoxy) is 1. The first-order chi connectivity index (χ1) is 9.04. The molecule has 1 aromatic carbocycles. The molecule has 2 N–H and O–H groups in total. The molecule has 0 saturated carbocycles. The van der Waals surface area contributed by atoms with Crippen molar-refractivity contribution < 1.29 is 4.74 Å². The van der Waals surface area contributed by atoms with E-state index < -0.39 is 0 Å². The molecule has 0 aliphatic carbocycles. The minimum atomic E-state index is 0.382. The first-order valence-electron chi connectivity index (χ1n) is 6.22. The van der Waals surface area contributed by atoms with Crippen LogP contribution in [-0.4, -0.2) is 9.78 Å². The lowest BCUT2D eigenvalue weighted by molar-refractivity contribution is 0.293. The fraction of sp³-hybridized carbons (Fsp3) is 0.357. The normalized spacial score (nSPS) is 10.7. The van der Waals surface area contributed by atoms with Gasteiger partial charge in [0.25, 0.3) is 0 Å². The van der Waals surface area contributed by atoms with Gasteiger partial charge in [-0.05, 0) is 25.5 Å². The van der Waals surface area contributed by atoms with Crippen molar-refractivity contribution in [3.05, 3.63) is 40.2 Å². The Bertz CT molecular complexity index is 593. The second-order valence-corrected chi connectivity index (χ2v) is 4.82. The lowest BCUT2D eigenvalue weighted by Gasteiger charge is -2.11. The second kappa shape index (κ2) is 5.53. The van der Waals surface area contributed by atoms with Gasteiger partial charge in [-0.3, -0.25) is 4.68 Å². The van der Waals surface area contributed by atoms with E-state index in [0.717, 1.165) is 34.8 Å². The number of nitrogens with two attached hydrogens (primary N) is 1. The number of nitrogens with zero attached hydrogens (tertiary/aromatic N) is 2. The van der Waals surface area contributed by atoms with Gasteiger partial charge < -0.3 is 10.5 Å². The lowest BCUT2D eigenvalue weighted by atomic mass is 10.2. The zero-order valence-electron chi connectivity index (χ0n) is 11.4. The maximum absolute atomic E-state index is 6.28. The molecule has 0 bridgehead atoms. The molecule has 0 unspecified atom stereocenters. The number of nitrogen functional groups attached to an aromatic ring is 1. The van der Waals surface area contributed by atoms with Gasteiger partial charge in [0, 0.05) is 18.3 Å². The number of aromatic nitrogens is 2. The van der Waals surface area contributed by atoms with Gasteiger partial charge in [0.2, 0.25) is 0 Å². The van der Waals surface area contributed by atoms with Crippen molar-refractivity contribution in [2.75, 3.05) is 5.73 Å². The molecule has 4 nitrogen and oxygen atoms in total. The summed E-state index contributed by atoms with van der Waals surface area (Å²) in [5.41, 5.74) is 9.29. The quantitative estimate of drug-likeness (QED) is 0.875. The summed E-state index contributed by atoms with van der Waals surface area (Å²) < 4.78 is 7.56. The van der Waals surface area contributed by atoms with E-state index in [1.165, 1.54) is 0 Å². The minimum Gasteiger partial charge on any atom is -0.487 e. The van der Waals surface area contributed by atoms with E-state index >= 15 is 0 Å². The molecule has 0 fully saturated rings. The molecule has 0 saturated heterocycles. The summed E-state index contributed by atoms with van der Waals surface area (Å²) in [4.78, 5) is 0. The standard InChI is InChI=1S/C14H18ClN3O/c1-4-11-14(15)12(18(3)17-11)8-19-13-7-5-6-10(16)9(13)2/h5-7H,4,8,16H2,1-3H3. The van der Waals surface area contributed by atoms with Crippen molar-refractivity contribution in [2.24, 2.45) is 7.05 Å². The number of benzene rings is 1. The van der Waals surface area contributed by atoms with Crippen LogP contribution in [0.4, 0.5) is 5.69 Å². The van der Waals surface area contributed by atoms with Crippen molar-refractivity contribution in [1.82, 2.24) is 9.78 Å². The topological polar surface area (TPSA) is 53.1 Å². The molecule has 0 amide bonds. The molecule has 0 spiro atoms. The molecule has 0 aliphatic rings. The molecule has 1 heterocycles. The third kappa shape index (κ3) is 2.68. The first-order valence-corrected chi connectivity index (χ1v) is 6.60. The smallest absolute Gasteiger partial charge is 0.131 e. The largest absolute Gasteiger partial charge is 0.487 e. The first kappa shape index (κ1) is 13.7. The number of hydrogen-bond donors (Lipinski definition) is 1. The number of anilines is 1. The van der Waals surface area contributed by atoms with E-state index in [0.29, 0.717) is 11.6 Å². The minimum absolute atomic E-state index is 0.382. The van der Waals surface area contributed by atoms with Crippen LogP contribution in [-0.2, 0) is 20.1 Å². The second-order valence-electron chi connectivity index (χ2n) is 4.44. The summed E-state index contributed by atoms with van der Waals surface area (Å²) in [5.74, 6) is 0.773. The highest BCUT2D eigenvalue weighted by atomic mass is 35.5. The van der Waals surface area contributed by atoms with Crippen LogP contribution < -0.4 is 10.5 Å². The van der Waals surface area contributed by atoms with Gasteiger partial charge in [0.15, 0.2) is 0 Å². The predicted molar refractivity (Wildman–Crippen MR) is 77.5 cm³/mol. The van der Waals surface area contributed by atoms with E-state index in [2.05, 4.69) is 5.10 Å². The van der Waals surface area contributed by atoms with E-state index in [9.17, 15) is 0 Å². The number of hydrogen-bond acceptors (Lipinski definition) is 3. The molecule has 5 heteroatoms. The Kier molecular flexibility index (Phi) is 4.00. The highest BCUT2D eigenvalue weighted by Crippen LogP contribution is 2.26. The van der Waals surface area contributed by atoms with E-state index in [1.807, 2.05) is 39.1 Å². The third-order valence-electron chi connectivity index (χ3n) is 3.19. The molecule has 0 radical (unpaired) electrons. The Morgan fingerprint density at radius 3 is 2.79 bits per heavy atom. The molecule has 2 rings (SSSR count). The van der Waals surface area contributed by atoms with Gasteiger partial charge >= 0.3 is 0 Å². The van der Waals surface area contributed by atoms with Crippen molar-refractivity contribution in [1.29, 1.82) is 0 Å². The van der Waals surface area contributed by atoms with Crippen LogP contribution in [0.3, 0.4) is 0 Å². The molecule has 1 aromatic heterocycles. The molecule has 19 heavy (non-hydrogen) atoms. The van der Waals surface area contributed by atoms with E-state index in [4.69, 9.17) is 22.1 Å². The Morgan fingerprint density at radius 1 is 1.42 bits per heavy atom. The monoisotopic (exact) mass is 279 g/mol. The zero-order valence-corrected chi connectivity index (χ0v) is 12.2. The fourth-order valence-corrected chi connectivity index (χ4v) is 2.26. The van der Waals surface area contributed by atoms with Gasteiger partial charge in [-0.2, -0.15) is 5.10 Å². The SMILES string of the molecule is CCc1nn(C)c(COc2cccc(N)c2C)c1Cl. The van der Waals surface area contributed by atoms with Crippen molar-refractivity contribution in [3.8, 4) is 5.75 Å². The summed E-state index contributed by atoms with van der Waals surface area (Å²) >= 11 is 6.28. The maximum Gasteiger partial charge on any atom is 0.131 e. The lowest BCUT2D eigenvalue weighted by Crippen LogP contribution is -2.05. The van der Waals surface area contributed by atoms with Gasteiger partial charge in [0.05, 0.1) is 16.4 Å². The molecule has 0 atom stereocenters. The molecular formula is C14H18ClN3O. The summed E-state index contributed by atoms with van der Waals surface area (Å²) in [6, 6.07) is 5.63. The summed E-state index contributed by atoms with van der Waals surface area (Å²) in [6.07, 6.45) is 0.810. The number of aryl methyl sites for hydroxylation is 2. The molecule has 0 aliphatic heterocycles. The molecule has 2 aromatic rings. The summed E-state index contributed by atoms with van der Waals surface area (Å²) in [7, 11) is 1.87. The van der Waals surface area contributed by atoms with Gasteiger partial charge in [-0.15, -0.1) is 0 Å². The van der Waals surface area contributed by atoms with E-state index in [1.54, 1.807) is 4.68 Å².